The number of rotatable bonds is 1. The van der Waals surface area contributed by atoms with Gasteiger partial charge in [0.05, 0.1) is 22.6 Å². The Labute approximate surface area is 91.7 Å². The molecule has 4 nitrogen and oxygen atoms in total. The van der Waals surface area contributed by atoms with E-state index in [1.54, 1.807) is 29.2 Å². The molecule has 0 bridgehead atoms. The molecule has 2 rings (SSSR count). The van der Waals surface area contributed by atoms with Crippen LogP contribution in [0.25, 0.3) is 5.69 Å². The summed E-state index contributed by atoms with van der Waals surface area (Å²) in [4.78, 5) is 3.95. The van der Waals surface area contributed by atoms with Crippen LogP contribution in [0.5, 0.6) is 0 Å². The lowest BCUT2D eigenvalue weighted by Crippen LogP contribution is -1.96. The zero-order valence-electron chi connectivity index (χ0n) is 7.98. The van der Waals surface area contributed by atoms with Crippen LogP contribution in [0.3, 0.4) is 0 Å². The van der Waals surface area contributed by atoms with Crippen molar-refractivity contribution in [2.24, 2.45) is 0 Å². The predicted octanol–water partition coefficient (Wildman–Crippen LogP) is 2.10. The molecule has 0 radical (unpaired) electrons. The molecule has 0 saturated heterocycles. The van der Waals surface area contributed by atoms with E-state index in [0.717, 1.165) is 11.4 Å². The maximum absolute atomic E-state index is 8.59. The van der Waals surface area contributed by atoms with Gasteiger partial charge in [0, 0.05) is 6.20 Å². The lowest BCUT2D eigenvalue weighted by molar-refractivity contribution is 0.856. The van der Waals surface area contributed by atoms with Gasteiger partial charge in [-0.15, -0.1) is 0 Å². The molecular formula is C10H7ClN4. The molecule has 2 heterocycles. The van der Waals surface area contributed by atoms with Gasteiger partial charge in [-0.05, 0) is 19.1 Å². The lowest BCUT2D eigenvalue weighted by atomic mass is 10.3. The summed E-state index contributed by atoms with van der Waals surface area (Å²) in [5.41, 5.74) is 1.93. The number of aryl methyl sites for hydroxylation is 1. The fourth-order valence-electron chi connectivity index (χ4n) is 1.16. The van der Waals surface area contributed by atoms with Crippen molar-refractivity contribution in [1.82, 2.24) is 14.8 Å². The number of nitriles is 1. The van der Waals surface area contributed by atoms with Crippen LogP contribution in [0.4, 0.5) is 0 Å². The summed E-state index contributed by atoms with van der Waals surface area (Å²) < 4.78 is 1.63. The quantitative estimate of drug-likeness (QED) is 0.737. The fourth-order valence-corrected chi connectivity index (χ4v) is 1.29. The number of pyridine rings is 1. The molecule has 2 aromatic rings. The van der Waals surface area contributed by atoms with Gasteiger partial charge in [-0.3, -0.25) is 0 Å². The Morgan fingerprint density at radius 2 is 2.27 bits per heavy atom. The van der Waals surface area contributed by atoms with Crippen molar-refractivity contribution in [3.05, 3.63) is 40.9 Å². The van der Waals surface area contributed by atoms with Crippen molar-refractivity contribution in [3.63, 3.8) is 0 Å². The third kappa shape index (κ3) is 1.83. The molecule has 15 heavy (non-hydrogen) atoms. The highest BCUT2D eigenvalue weighted by molar-refractivity contribution is 6.31. The Morgan fingerprint density at radius 3 is 2.73 bits per heavy atom. The second kappa shape index (κ2) is 3.71. The van der Waals surface area contributed by atoms with E-state index in [4.69, 9.17) is 16.9 Å². The summed E-state index contributed by atoms with van der Waals surface area (Å²) in [7, 11) is 0. The lowest BCUT2D eigenvalue weighted by Gasteiger charge is -1.98. The summed E-state index contributed by atoms with van der Waals surface area (Å²) in [6, 6.07) is 5.37. The van der Waals surface area contributed by atoms with E-state index in [0.29, 0.717) is 10.7 Å². The molecule has 0 saturated carbocycles. The van der Waals surface area contributed by atoms with E-state index in [2.05, 4.69) is 10.1 Å². The van der Waals surface area contributed by atoms with E-state index in [9.17, 15) is 0 Å². The molecule has 2 aromatic heterocycles. The SMILES string of the molecule is Cc1nn(-c2ccc(C#N)nc2)cc1Cl. The molecule has 0 aliphatic heterocycles. The van der Waals surface area contributed by atoms with Gasteiger partial charge in [0.25, 0.3) is 0 Å². The van der Waals surface area contributed by atoms with Crippen LogP contribution < -0.4 is 0 Å². The highest BCUT2D eigenvalue weighted by Gasteiger charge is 2.03. The van der Waals surface area contributed by atoms with Gasteiger partial charge in [0.15, 0.2) is 0 Å². The van der Waals surface area contributed by atoms with Gasteiger partial charge in [0.2, 0.25) is 0 Å². The van der Waals surface area contributed by atoms with Crippen molar-refractivity contribution in [2.45, 2.75) is 6.92 Å². The van der Waals surface area contributed by atoms with Crippen molar-refractivity contribution in [2.75, 3.05) is 0 Å². The molecule has 0 amide bonds. The second-order valence-electron chi connectivity index (χ2n) is 3.02. The third-order valence-corrected chi connectivity index (χ3v) is 2.34. The molecule has 74 valence electrons. The van der Waals surface area contributed by atoms with Crippen LogP contribution in [-0.4, -0.2) is 14.8 Å². The zero-order chi connectivity index (χ0) is 10.8. The van der Waals surface area contributed by atoms with Gasteiger partial charge in [-0.1, -0.05) is 11.6 Å². The minimum Gasteiger partial charge on any atom is -0.243 e. The van der Waals surface area contributed by atoms with Crippen molar-refractivity contribution in [3.8, 4) is 11.8 Å². The Balaban J connectivity index is 2.42. The number of aromatic nitrogens is 3. The van der Waals surface area contributed by atoms with E-state index in [1.165, 1.54) is 0 Å². The van der Waals surface area contributed by atoms with E-state index < -0.39 is 0 Å². The Bertz CT molecular complexity index is 502. The smallest absolute Gasteiger partial charge is 0.140 e. The Hall–Kier alpha value is -1.86. The summed E-state index contributed by atoms with van der Waals surface area (Å²) in [6.45, 7) is 1.83. The topological polar surface area (TPSA) is 54.5 Å². The molecule has 0 atom stereocenters. The molecule has 0 aromatic carbocycles. The monoisotopic (exact) mass is 218 g/mol. The van der Waals surface area contributed by atoms with Crippen LogP contribution in [0, 0.1) is 18.3 Å². The van der Waals surface area contributed by atoms with Crippen LogP contribution in [0.1, 0.15) is 11.4 Å². The van der Waals surface area contributed by atoms with Crippen molar-refractivity contribution < 1.29 is 0 Å². The Kier molecular flexibility index (Phi) is 2.40. The van der Waals surface area contributed by atoms with Gasteiger partial charge in [-0.25, -0.2) is 9.67 Å². The molecule has 0 aliphatic carbocycles. The minimum absolute atomic E-state index is 0.383. The standard InChI is InChI=1S/C10H7ClN4/c1-7-10(11)6-15(14-7)9-3-2-8(4-12)13-5-9/h2-3,5-6H,1H3. The maximum Gasteiger partial charge on any atom is 0.140 e. The predicted molar refractivity (Wildman–Crippen MR) is 55.8 cm³/mol. The highest BCUT2D eigenvalue weighted by atomic mass is 35.5. The first-order valence-electron chi connectivity index (χ1n) is 4.29. The Morgan fingerprint density at radius 1 is 1.47 bits per heavy atom. The average Bonchev–Trinajstić information content (AvgIpc) is 2.59. The fraction of sp³-hybridized carbons (Fsp3) is 0.100. The molecule has 0 spiro atoms. The summed E-state index contributed by atoms with van der Waals surface area (Å²) in [5, 5.41) is 13.4. The minimum atomic E-state index is 0.383. The highest BCUT2D eigenvalue weighted by Crippen LogP contribution is 2.15. The number of halogens is 1. The number of hydrogen-bond donors (Lipinski definition) is 0. The van der Waals surface area contributed by atoms with E-state index in [1.807, 2.05) is 13.0 Å². The number of hydrogen-bond acceptors (Lipinski definition) is 3. The first kappa shape index (κ1) is 9.69. The van der Waals surface area contributed by atoms with Crippen molar-refractivity contribution in [1.29, 1.82) is 5.26 Å². The second-order valence-corrected chi connectivity index (χ2v) is 3.43. The summed E-state index contributed by atoms with van der Waals surface area (Å²) in [6.07, 6.45) is 3.29. The molecule has 0 aliphatic rings. The number of nitrogens with zero attached hydrogens (tertiary/aromatic N) is 4. The largest absolute Gasteiger partial charge is 0.243 e. The summed E-state index contributed by atoms with van der Waals surface area (Å²) >= 11 is 5.88. The van der Waals surface area contributed by atoms with Crippen LogP contribution in [0.2, 0.25) is 5.02 Å². The zero-order valence-corrected chi connectivity index (χ0v) is 8.73. The van der Waals surface area contributed by atoms with Crippen LogP contribution in [0.15, 0.2) is 24.5 Å². The third-order valence-electron chi connectivity index (χ3n) is 1.97. The first-order valence-corrected chi connectivity index (χ1v) is 4.67. The van der Waals surface area contributed by atoms with Gasteiger partial charge >= 0.3 is 0 Å². The molecule has 0 fully saturated rings. The molecule has 0 N–H and O–H groups in total. The summed E-state index contributed by atoms with van der Waals surface area (Å²) in [5.74, 6) is 0. The van der Waals surface area contributed by atoms with E-state index >= 15 is 0 Å². The molecule has 0 unspecified atom stereocenters. The van der Waals surface area contributed by atoms with Crippen LogP contribution >= 0.6 is 11.6 Å². The van der Waals surface area contributed by atoms with Gasteiger partial charge < -0.3 is 0 Å². The maximum atomic E-state index is 8.59. The molecule has 5 heteroatoms. The molecular weight excluding hydrogens is 212 g/mol. The van der Waals surface area contributed by atoms with Gasteiger partial charge in [-0.2, -0.15) is 10.4 Å². The first-order chi connectivity index (χ1) is 7.20. The van der Waals surface area contributed by atoms with Gasteiger partial charge in [0.1, 0.15) is 11.8 Å². The van der Waals surface area contributed by atoms with Crippen molar-refractivity contribution >= 4 is 11.6 Å². The van der Waals surface area contributed by atoms with Crippen LogP contribution in [-0.2, 0) is 0 Å². The average molecular weight is 219 g/mol. The normalized spacial score (nSPS) is 9.93. The van der Waals surface area contributed by atoms with E-state index in [-0.39, 0.29) is 0 Å².